The Morgan fingerprint density at radius 2 is 2.17 bits per heavy atom. The van der Waals surface area contributed by atoms with Crippen LogP contribution in [0.25, 0.3) is 0 Å². The Balaban J connectivity index is 2.24. The lowest BCUT2D eigenvalue weighted by atomic mass is 10.2. The van der Waals surface area contributed by atoms with Crippen LogP contribution < -0.4 is 11.1 Å². The van der Waals surface area contributed by atoms with Crippen LogP contribution in [0.3, 0.4) is 0 Å². The number of benzene rings is 1. The number of nitrogens with zero attached hydrogens (tertiary/aromatic N) is 1. The highest BCUT2D eigenvalue weighted by Gasteiger charge is 2.13. The van der Waals surface area contributed by atoms with Gasteiger partial charge in [0.15, 0.2) is 5.69 Å². The molecular formula is C12H9ClFN3O. The predicted octanol–water partition coefficient (Wildman–Crippen LogP) is 2.71. The van der Waals surface area contributed by atoms with Crippen molar-refractivity contribution >= 4 is 28.9 Å². The zero-order chi connectivity index (χ0) is 13.1. The number of pyridine rings is 1. The maximum atomic E-state index is 13.5. The van der Waals surface area contributed by atoms with Crippen molar-refractivity contribution in [2.24, 2.45) is 0 Å². The number of aromatic nitrogens is 1. The number of nitrogens with two attached hydrogens (primary N) is 1. The van der Waals surface area contributed by atoms with Gasteiger partial charge in [0.1, 0.15) is 5.82 Å². The van der Waals surface area contributed by atoms with Gasteiger partial charge in [-0.05, 0) is 30.3 Å². The van der Waals surface area contributed by atoms with Crippen molar-refractivity contribution in [3.05, 3.63) is 53.1 Å². The summed E-state index contributed by atoms with van der Waals surface area (Å²) in [6.07, 6.45) is 1.43. The van der Waals surface area contributed by atoms with Crippen molar-refractivity contribution in [1.29, 1.82) is 0 Å². The number of hydrogen-bond donors (Lipinski definition) is 2. The van der Waals surface area contributed by atoms with Gasteiger partial charge in [-0.2, -0.15) is 0 Å². The zero-order valence-electron chi connectivity index (χ0n) is 9.15. The molecule has 1 heterocycles. The molecule has 2 rings (SSSR count). The summed E-state index contributed by atoms with van der Waals surface area (Å²) in [5.41, 5.74) is 5.90. The average molecular weight is 266 g/mol. The van der Waals surface area contributed by atoms with Gasteiger partial charge in [0.2, 0.25) is 0 Å². The van der Waals surface area contributed by atoms with E-state index in [1.165, 1.54) is 18.3 Å². The topological polar surface area (TPSA) is 68.0 Å². The quantitative estimate of drug-likeness (QED) is 0.877. The first kappa shape index (κ1) is 12.3. The molecule has 0 radical (unpaired) electrons. The van der Waals surface area contributed by atoms with Crippen molar-refractivity contribution in [3.63, 3.8) is 0 Å². The molecule has 0 aliphatic carbocycles. The summed E-state index contributed by atoms with van der Waals surface area (Å²) in [6.45, 7) is 0. The minimum absolute atomic E-state index is 0.0226. The third-order valence-electron chi connectivity index (χ3n) is 2.23. The molecule has 18 heavy (non-hydrogen) atoms. The van der Waals surface area contributed by atoms with Gasteiger partial charge >= 0.3 is 0 Å². The number of carbonyl (C=O) groups excluding carboxylic acids is 1. The van der Waals surface area contributed by atoms with E-state index in [1.54, 1.807) is 12.1 Å². The summed E-state index contributed by atoms with van der Waals surface area (Å²) in [6, 6.07) is 7.10. The Morgan fingerprint density at radius 3 is 2.83 bits per heavy atom. The number of nitrogens with one attached hydrogen (secondary N) is 1. The lowest BCUT2D eigenvalue weighted by molar-refractivity contribution is 0.102. The molecule has 92 valence electrons. The Morgan fingerprint density at radius 1 is 1.39 bits per heavy atom. The largest absolute Gasteiger partial charge is 0.397 e. The van der Waals surface area contributed by atoms with Crippen LogP contribution in [-0.2, 0) is 0 Å². The van der Waals surface area contributed by atoms with Crippen LogP contribution in [0.4, 0.5) is 15.8 Å². The summed E-state index contributed by atoms with van der Waals surface area (Å²) in [5.74, 6) is -1.19. The maximum Gasteiger partial charge on any atom is 0.276 e. The minimum atomic E-state index is -0.620. The molecule has 1 aromatic heterocycles. The molecule has 0 saturated heterocycles. The normalized spacial score (nSPS) is 10.1. The van der Waals surface area contributed by atoms with E-state index >= 15 is 0 Å². The number of rotatable bonds is 2. The van der Waals surface area contributed by atoms with E-state index in [1.807, 2.05) is 0 Å². The molecule has 4 nitrogen and oxygen atoms in total. The van der Waals surface area contributed by atoms with E-state index in [0.29, 0.717) is 0 Å². The smallest absolute Gasteiger partial charge is 0.276 e. The fraction of sp³-hybridized carbons (Fsp3) is 0. The van der Waals surface area contributed by atoms with Gasteiger partial charge < -0.3 is 11.1 Å². The molecule has 0 aliphatic heterocycles. The lowest BCUT2D eigenvalue weighted by Gasteiger charge is -2.07. The maximum absolute atomic E-state index is 13.5. The van der Waals surface area contributed by atoms with E-state index in [9.17, 15) is 9.18 Å². The fourth-order valence-electron chi connectivity index (χ4n) is 1.38. The minimum Gasteiger partial charge on any atom is -0.397 e. The summed E-state index contributed by atoms with van der Waals surface area (Å²) in [7, 11) is 0. The van der Waals surface area contributed by atoms with Gasteiger partial charge in [-0.25, -0.2) is 9.37 Å². The lowest BCUT2D eigenvalue weighted by Crippen LogP contribution is -2.16. The summed E-state index contributed by atoms with van der Waals surface area (Å²) in [4.78, 5) is 15.7. The van der Waals surface area contributed by atoms with Gasteiger partial charge in [-0.3, -0.25) is 4.79 Å². The van der Waals surface area contributed by atoms with E-state index in [0.717, 1.165) is 6.07 Å². The van der Waals surface area contributed by atoms with Crippen LogP contribution in [0.5, 0.6) is 0 Å². The van der Waals surface area contributed by atoms with Crippen molar-refractivity contribution in [3.8, 4) is 0 Å². The summed E-state index contributed by atoms with van der Waals surface area (Å²) in [5, 5.41) is 2.63. The second-order valence-corrected chi connectivity index (χ2v) is 3.96. The number of hydrogen-bond acceptors (Lipinski definition) is 3. The number of anilines is 2. The van der Waals surface area contributed by atoms with Crippen LogP contribution in [-0.4, -0.2) is 10.9 Å². The molecule has 1 aromatic carbocycles. The first-order valence-corrected chi connectivity index (χ1v) is 5.42. The molecule has 0 fully saturated rings. The van der Waals surface area contributed by atoms with Crippen LogP contribution in [0, 0.1) is 5.82 Å². The van der Waals surface area contributed by atoms with Gasteiger partial charge in [0.05, 0.1) is 11.4 Å². The number of amides is 1. The standard InChI is InChI=1S/C12H9ClFN3O/c13-7-3-4-10(8(14)6-7)17-12(18)11-9(15)2-1-5-16-11/h1-6H,15H2,(H,17,18). The molecule has 0 bridgehead atoms. The van der Waals surface area contributed by atoms with Crippen molar-refractivity contribution in [2.75, 3.05) is 11.1 Å². The Labute approximate surface area is 108 Å². The monoisotopic (exact) mass is 265 g/mol. The highest BCUT2D eigenvalue weighted by molar-refractivity contribution is 6.30. The highest BCUT2D eigenvalue weighted by atomic mass is 35.5. The van der Waals surface area contributed by atoms with Crippen LogP contribution in [0.1, 0.15) is 10.5 Å². The molecule has 3 N–H and O–H groups in total. The summed E-state index contributed by atoms with van der Waals surface area (Å²) >= 11 is 5.61. The zero-order valence-corrected chi connectivity index (χ0v) is 9.91. The summed E-state index contributed by atoms with van der Waals surface area (Å²) < 4.78 is 13.5. The number of carbonyl (C=O) groups is 1. The van der Waals surface area contributed by atoms with Crippen LogP contribution in [0.2, 0.25) is 5.02 Å². The molecule has 6 heteroatoms. The Kier molecular flexibility index (Phi) is 3.43. The highest BCUT2D eigenvalue weighted by Crippen LogP contribution is 2.20. The first-order chi connectivity index (χ1) is 8.58. The molecule has 0 atom stereocenters. The second kappa shape index (κ2) is 5.01. The molecule has 1 amide bonds. The van der Waals surface area contributed by atoms with Gasteiger partial charge in [0.25, 0.3) is 5.91 Å². The van der Waals surface area contributed by atoms with E-state index in [4.69, 9.17) is 17.3 Å². The molecule has 0 spiro atoms. The fourth-order valence-corrected chi connectivity index (χ4v) is 1.54. The van der Waals surface area contributed by atoms with Crippen LogP contribution >= 0.6 is 11.6 Å². The van der Waals surface area contributed by atoms with E-state index in [2.05, 4.69) is 10.3 Å². The average Bonchev–Trinajstić information content (AvgIpc) is 2.33. The first-order valence-electron chi connectivity index (χ1n) is 5.05. The molecule has 2 aromatic rings. The molecular weight excluding hydrogens is 257 g/mol. The molecule has 0 unspecified atom stereocenters. The molecule has 0 aliphatic rings. The SMILES string of the molecule is Nc1cccnc1C(=O)Nc1ccc(Cl)cc1F. The second-order valence-electron chi connectivity index (χ2n) is 3.52. The van der Waals surface area contributed by atoms with E-state index < -0.39 is 11.7 Å². The van der Waals surface area contributed by atoms with Gasteiger partial charge in [-0.15, -0.1) is 0 Å². The van der Waals surface area contributed by atoms with Crippen molar-refractivity contribution in [2.45, 2.75) is 0 Å². The van der Waals surface area contributed by atoms with E-state index in [-0.39, 0.29) is 22.1 Å². The third kappa shape index (κ3) is 2.57. The Hall–Kier alpha value is -2.14. The Bertz CT molecular complexity index is 604. The van der Waals surface area contributed by atoms with Crippen molar-refractivity contribution < 1.29 is 9.18 Å². The van der Waals surface area contributed by atoms with Gasteiger partial charge in [0, 0.05) is 11.2 Å². The third-order valence-corrected chi connectivity index (χ3v) is 2.47. The van der Waals surface area contributed by atoms with Gasteiger partial charge in [-0.1, -0.05) is 11.6 Å². The van der Waals surface area contributed by atoms with Crippen molar-refractivity contribution in [1.82, 2.24) is 4.98 Å². The molecule has 0 saturated carbocycles. The van der Waals surface area contributed by atoms with Crippen LogP contribution in [0.15, 0.2) is 36.5 Å². The number of halogens is 2. The predicted molar refractivity (Wildman–Crippen MR) is 68.0 cm³/mol. The number of nitrogen functional groups attached to an aromatic ring is 1.